The summed E-state index contributed by atoms with van der Waals surface area (Å²) in [6.45, 7) is 5.61. The van der Waals surface area contributed by atoms with Gasteiger partial charge in [-0.1, -0.05) is 20.3 Å². The molecule has 3 nitrogen and oxygen atoms in total. The molecular weight excluding hydrogens is 176 g/mol. The van der Waals surface area contributed by atoms with Gasteiger partial charge in [0.2, 0.25) is 5.91 Å². The van der Waals surface area contributed by atoms with Crippen LogP contribution in [0, 0.1) is 11.3 Å². The van der Waals surface area contributed by atoms with E-state index in [1.165, 1.54) is 0 Å². The molecule has 1 aliphatic carbocycles. The van der Waals surface area contributed by atoms with Crippen LogP contribution in [0.1, 0.15) is 39.5 Å². The zero-order valence-electron chi connectivity index (χ0n) is 9.31. The number of nitrogens with one attached hydrogen (secondary N) is 1. The van der Waals surface area contributed by atoms with Crippen LogP contribution in [0.4, 0.5) is 0 Å². The first-order valence-corrected chi connectivity index (χ1v) is 5.59. The summed E-state index contributed by atoms with van der Waals surface area (Å²) in [5.41, 5.74) is 5.43. The average molecular weight is 198 g/mol. The minimum atomic E-state index is -0.211. The van der Waals surface area contributed by atoms with Gasteiger partial charge in [0.25, 0.3) is 0 Å². The molecule has 3 N–H and O–H groups in total. The predicted octanol–water partition coefficient (Wildman–Crippen LogP) is 1.28. The fraction of sp³-hybridized carbons (Fsp3) is 0.909. The number of rotatable bonds is 5. The van der Waals surface area contributed by atoms with E-state index in [1.807, 2.05) is 0 Å². The van der Waals surface area contributed by atoms with Crippen molar-refractivity contribution < 1.29 is 4.79 Å². The maximum absolute atomic E-state index is 11.8. The summed E-state index contributed by atoms with van der Waals surface area (Å²) >= 11 is 0. The molecule has 0 bridgehead atoms. The van der Waals surface area contributed by atoms with Gasteiger partial charge in [0, 0.05) is 13.1 Å². The summed E-state index contributed by atoms with van der Waals surface area (Å²) in [5, 5.41) is 2.99. The monoisotopic (exact) mass is 198 g/mol. The standard InChI is InChI=1S/C11H22N2O/c1-9(2)4-7-13-10(14)11(8-12)5-3-6-11/h9H,3-8,12H2,1-2H3,(H,13,14). The van der Waals surface area contributed by atoms with E-state index >= 15 is 0 Å². The van der Waals surface area contributed by atoms with Crippen molar-refractivity contribution in [2.45, 2.75) is 39.5 Å². The predicted molar refractivity (Wildman–Crippen MR) is 57.8 cm³/mol. The van der Waals surface area contributed by atoms with Crippen molar-refractivity contribution in [1.82, 2.24) is 5.32 Å². The number of hydrogen-bond acceptors (Lipinski definition) is 2. The molecule has 0 aromatic heterocycles. The third kappa shape index (κ3) is 2.47. The molecule has 14 heavy (non-hydrogen) atoms. The van der Waals surface area contributed by atoms with E-state index in [-0.39, 0.29) is 11.3 Å². The van der Waals surface area contributed by atoms with Crippen molar-refractivity contribution in [3.8, 4) is 0 Å². The van der Waals surface area contributed by atoms with Crippen LogP contribution in [0.25, 0.3) is 0 Å². The molecule has 0 spiro atoms. The van der Waals surface area contributed by atoms with Crippen molar-refractivity contribution in [1.29, 1.82) is 0 Å². The molecule has 0 aliphatic heterocycles. The van der Waals surface area contributed by atoms with Crippen LogP contribution >= 0.6 is 0 Å². The number of nitrogens with two attached hydrogens (primary N) is 1. The molecule has 0 unspecified atom stereocenters. The third-order valence-electron chi connectivity index (χ3n) is 3.19. The highest BCUT2D eigenvalue weighted by Gasteiger charge is 2.42. The fourth-order valence-electron chi connectivity index (χ4n) is 1.79. The Hall–Kier alpha value is -0.570. The summed E-state index contributed by atoms with van der Waals surface area (Å²) in [6.07, 6.45) is 4.13. The van der Waals surface area contributed by atoms with Gasteiger partial charge < -0.3 is 11.1 Å². The molecule has 0 aromatic rings. The van der Waals surface area contributed by atoms with Gasteiger partial charge >= 0.3 is 0 Å². The minimum absolute atomic E-state index is 0.173. The normalized spacial score (nSPS) is 19.1. The summed E-state index contributed by atoms with van der Waals surface area (Å²) in [5.74, 6) is 0.817. The first kappa shape index (κ1) is 11.5. The van der Waals surface area contributed by atoms with Crippen molar-refractivity contribution >= 4 is 5.91 Å². The number of carbonyl (C=O) groups excluding carboxylic acids is 1. The summed E-state index contributed by atoms with van der Waals surface area (Å²) in [4.78, 5) is 11.8. The van der Waals surface area contributed by atoms with Crippen LogP contribution in [0.15, 0.2) is 0 Å². The molecule has 0 radical (unpaired) electrons. The topological polar surface area (TPSA) is 55.1 Å². The van der Waals surface area contributed by atoms with Crippen LogP contribution in [0.3, 0.4) is 0 Å². The lowest BCUT2D eigenvalue weighted by Gasteiger charge is -2.39. The smallest absolute Gasteiger partial charge is 0.227 e. The molecule has 0 aromatic carbocycles. The first-order valence-electron chi connectivity index (χ1n) is 5.59. The second-order valence-corrected chi connectivity index (χ2v) is 4.78. The van der Waals surface area contributed by atoms with Crippen LogP contribution in [-0.4, -0.2) is 19.0 Å². The molecule has 1 aliphatic rings. The Morgan fingerprint density at radius 1 is 1.50 bits per heavy atom. The maximum atomic E-state index is 11.8. The lowest BCUT2D eigenvalue weighted by Crippen LogP contribution is -2.50. The second-order valence-electron chi connectivity index (χ2n) is 4.78. The Morgan fingerprint density at radius 2 is 2.14 bits per heavy atom. The highest BCUT2D eigenvalue weighted by Crippen LogP contribution is 2.39. The lowest BCUT2D eigenvalue weighted by atomic mass is 9.68. The highest BCUT2D eigenvalue weighted by molar-refractivity contribution is 5.83. The molecule has 0 heterocycles. The maximum Gasteiger partial charge on any atom is 0.227 e. The van der Waals surface area contributed by atoms with Gasteiger partial charge in [0.05, 0.1) is 5.41 Å². The lowest BCUT2D eigenvalue weighted by molar-refractivity contribution is -0.135. The van der Waals surface area contributed by atoms with Gasteiger partial charge in [-0.25, -0.2) is 0 Å². The molecule has 3 heteroatoms. The van der Waals surface area contributed by atoms with E-state index in [4.69, 9.17) is 5.73 Å². The molecule has 1 rings (SSSR count). The van der Waals surface area contributed by atoms with Gasteiger partial charge in [0.15, 0.2) is 0 Å². The second kappa shape index (κ2) is 4.78. The van der Waals surface area contributed by atoms with Crippen molar-refractivity contribution in [3.63, 3.8) is 0 Å². The van der Waals surface area contributed by atoms with Crippen LogP contribution in [-0.2, 0) is 4.79 Å². The third-order valence-corrected chi connectivity index (χ3v) is 3.19. The molecule has 82 valence electrons. The van der Waals surface area contributed by atoms with E-state index in [0.717, 1.165) is 32.2 Å². The van der Waals surface area contributed by atoms with Gasteiger partial charge in [-0.2, -0.15) is 0 Å². The van der Waals surface area contributed by atoms with E-state index in [2.05, 4.69) is 19.2 Å². The van der Waals surface area contributed by atoms with Crippen molar-refractivity contribution in [3.05, 3.63) is 0 Å². The van der Waals surface area contributed by atoms with E-state index in [9.17, 15) is 4.79 Å². The number of amides is 1. The Kier molecular flexibility index (Phi) is 3.93. The fourth-order valence-corrected chi connectivity index (χ4v) is 1.79. The van der Waals surface area contributed by atoms with Crippen molar-refractivity contribution in [2.75, 3.05) is 13.1 Å². The molecule has 0 atom stereocenters. The van der Waals surface area contributed by atoms with E-state index in [0.29, 0.717) is 12.5 Å². The van der Waals surface area contributed by atoms with E-state index < -0.39 is 0 Å². The van der Waals surface area contributed by atoms with Gasteiger partial charge in [-0.05, 0) is 25.2 Å². The minimum Gasteiger partial charge on any atom is -0.356 e. The Morgan fingerprint density at radius 3 is 2.50 bits per heavy atom. The van der Waals surface area contributed by atoms with Gasteiger partial charge in [0.1, 0.15) is 0 Å². The first-order chi connectivity index (χ1) is 6.60. The molecule has 1 saturated carbocycles. The van der Waals surface area contributed by atoms with Gasteiger partial charge in [-0.3, -0.25) is 4.79 Å². The number of carbonyl (C=O) groups is 1. The Labute approximate surface area is 86.4 Å². The highest BCUT2D eigenvalue weighted by atomic mass is 16.2. The quantitative estimate of drug-likeness (QED) is 0.699. The zero-order valence-corrected chi connectivity index (χ0v) is 9.31. The Bertz CT molecular complexity index is 192. The SMILES string of the molecule is CC(C)CCNC(=O)C1(CN)CCC1. The van der Waals surface area contributed by atoms with Crippen LogP contribution in [0.2, 0.25) is 0 Å². The van der Waals surface area contributed by atoms with Crippen LogP contribution in [0.5, 0.6) is 0 Å². The molecule has 1 amide bonds. The summed E-state index contributed by atoms with van der Waals surface area (Å²) in [7, 11) is 0. The van der Waals surface area contributed by atoms with Crippen molar-refractivity contribution in [2.24, 2.45) is 17.1 Å². The van der Waals surface area contributed by atoms with Crippen LogP contribution < -0.4 is 11.1 Å². The average Bonchev–Trinajstić information content (AvgIpc) is 2.02. The molecule has 0 saturated heterocycles. The van der Waals surface area contributed by atoms with Gasteiger partial charge in [-0.15, -0.1) is 0 Å². The van der Waals surface area contributed by atoms with E-state index in [1.54, 1.807) is 0 Å². The zero-order chi connectivity index (χ0) is 10.6. The Balaban J connectivity index is 2.27. The molecule has 1 fully saturated rings. The number of hydrogen-bond donors (Lipinski definition) is 2. The summed E-state index contributed by atoms with van der Waals surface area (Å²) < 4.78 is 0. The summed E-state index contributed by atoms with van der Waals surface area (Å²) in [6, 6.07) is 0. The largest absolute Gasteiger partial charge is 0.356 e. The molecular formula is C11H22N2O.